The van der Waals surface area contributed by atoms with Gasteiger partial charge in [-0.15, -0.1) is 0 Å². The predicted octanol–water partition coefficient (Wildman–Crippen LogP) is 1.45. The summed E-state index contributed by atoms with van der Waals surface area (Å²) in [5.41, 5.74) is 6.17. The zero-order valence-corrected chi connectivity index (χ0v) is 9.81. The summed E-state index contributed by atoms with van der Waals surface area (Å²) in [6.07, 6.45) is 1.78. The quantitative estimate of drug-likeness (QED) is 0.783. The Bertz CT molecular complexity index is 516. The number of aromatic nitrogens is 2. The number of hydrogen-bond donors (Lipinski definition) is 2. The number of anilines is 2. The lowest BCUT2D eigenvalue weighted by molar-refractivity contribution is 0.410. The van der Waals surface area contributed by atoms with Crippen LogP contribution in [0, 0.1) is 5.82 Å². The molecule has 0 fully saturated rings. The van der Waals surface area contributed by atoms with E-state index in [0.29, 0.717) is 30.2 Å². The topological polar surface area (TPSA) is 86.2 Å². The molecule has 0 bridgehead atoms. The third kappa shape index (κ3) is 2.68. The van der Waals surface area contributed by atoms with Crippen molar-refractivity contribution in [3.05, 3.63) is 30.2 Å². The number of nitrogens with two attached hydrogens (primary N) is 1. The highest BCUT2D eigenvalue weighted by molar-refractivity contribution is 5.62. The van der Waals surface area contributed by atoms with Gasteiger partial charge in [0, 0.05) is 25.1 Å². The van der Waals surface area contributed by atoms with Crippen LogP contribution in [0.2, 0.25) is 0 Å². The number of methoxy groups -OCH3 is 1. The SMILES string of the molecule is COc1cc(NCCc2ncon2)c(F)cc1N. The van der Waals surface area contributed by atoms with E-state index in [9.17, 15) is 4.39 Å². The fourth-order valence-corrected chi connectivity index (χ4v) is 1.49. The molecule has 6 nitrogen and oxygen atoms in total. The molecular weight excluding hydrogens is 239 g/mol. The maximum atomic E-state index is 13.6. The van der Waals surface area contributed by atoms with Crippen molar-refractivity contribution in [3.8, 4) is 5.75 Å². The number of rotatable bonds is 5. The molecule has 3 N–H and O–H groups in total. The molecule has 1 aromatic heterocycles. The van der Waals surface area contributed by atoms with E-state index in [4.69, 9.17) is 10.5 Å². The largest absolute Gasteiger partial charge is 0.495 e. The van der Waals surface area contributed by atoms with E-state index in [1.807, 2.05) is 0 Å². The van der Waals surface area contributed by atoms with Crippen LogP contribution in [0.1, 0.15) is 5.82 Å². The lowest BCUT2D eigenvalue weighted by Gasteiger charge is -2.10. The fraction of sp³-hybridized carbons (Fsp3) is 0.273. The molecule has 96 valence electrons. The lowest BCUT2D eigenvalue weighted by atomic mass is 10.2. The Labute approximate surface area is 103 Å². The van der Waals surface area contributed by atoms with Gasteiger partial charge in [0.05, 0.1) is 18.5 Å². The standard InChI is InChI=1S/C11H13FN4O2/c1-17-10-5-9(7(12)4-8(10)13)14-3-2-11-15-6-18-16-11/h4-6,14H,2-3,13H2,1H3. The summed E-state index contributed by atoms with van der Waals surface area (Å²) in [7, 11) is 1.48. The van der Waals surface area contributed by atoms with Crippen LogP contribution in [0.25, 0.3) is 0 Å². The van der Waals surface area contributed by atoms with Crippen LogP contribution in [0.15, 0.2) is 23.0 Å². The molecule has 0 radical (unpaired) electrons. The van der Waals surface area contributed by atoms with Crippen molar-refractivity contribution < 1.29 is 13.7 Å². The molecule has 0 amide bonds. The van der Waals surface area contributed by atoms with Gasteiger partial charge in [0.1, 0.15) is 11.6 Å². The van der Waals surface area contributed by atoms with Crippen molar-refractivity contribution >= 4 is 11.4 Å². The van der Waals surface area contributed by atoms with Crippen LogP contribution in [-0.2, 0) is 6.42 Å². The van der Waals surface area contributed by atoms with Gasteiger partial charge in [-0.2, -0.15) is 4.98 Å². The van der Waals surface area contributed by atoms with Crippen LogP contribution >= 0.6 is 0 Å². The van der Waals surface area contributed by atoms with Gasteiger partial charge in [-0.05, 0) is 0 Å². The second-order valence-electron chi connectivity index (χ2n) is 3.60. The van der Waals surface area contributed by atoms with Crippen molar-refractivity contribution in [3.63, 3.8) is 0 Å². The number of ether oxygens (including phenoxy) is 1. The maximum Gasteiger partial charge on any atom is 0.213 e. The van der Waals surface area contributed by atoms with Gasteiger partial charge in [-0.1, -0.05) is 5.16 Å². The molecule has 0 saturated heterocycles. The minimum Gasteiger partial charge on any atom is -0.495 e. The smallest absolute Gasteiger partial charge is 0.213 e. The Kier molecular flexibility index (Phi) is 3.61. The zero-order valence-electron chi connectivity index (χ0n) is 9.81. The number of nitrogens with one attached hydrogen (secondary N) is 1. The molecule has 0 atom stereocenters. The Morgan fingerprint density at radius 3 is 3.00 bits per heavy atom. The minimum atomic E-state index is -0.429. The highest BCUT2D eigenvalue weighted by Gasteiger charge is 2.08. The van der Waals surface area contributed by atoms with Gasteiger partial charge in [0.25, 0.3) is 0 Å². The van der Waals surface area contributed by atoms with Gasteiger partial charge in [-0.25, -0.2) is 4.39 Å². The van der Waals surface area contributed by atoms with Gasteiger partial charge < -0.3 is 20.3 Å². The Morgan fingerprint density at radius 2 is 2.33 bits per heavy atom. The number of halogens is 1. The summed E-state index contributed by atoms with van der Waals surface area (Å²) in [5.74, 6) is 0.560. The molecule has 0 spiro atoms. The van der Waals surface area contributed by atoms with Crippen LogP contribution in [0.5, 0.6) is 5.75 Å². The van der Waals surface area contributed by atoms with E-state index in [1.54, 1.807) is 0 Å². The molecule has 0 aliphatic heterocycles. The molecule has 0 saturated carbocycles. The first-order chi connectivity index (χ1) is 8.70. The number of nitrogen functional groups attached to an aromatic ring is 1. The number of nitrogens with zero attached hydrogens (tertiary/aromatic N) is 2. The van der Waals surface area contributed by atoms with Crippen LogP contribution in [0.4, 0.5) is 15.8 Å². The first-order valence-corrected chi connectivity index (χ1v) is 5.33. The Morgan fingerprint density at radius 1 is 1.50 bits per heavy atom. The van der Waals surface area contributed by atoms with Crippen molar-refractivity contribution in [2.75, 3.05) is 24.7 Å². The molecule has 1 heterocycles. The first-order valence-electron chi connectivity index (χ1n) is 5.33. The average Bonchev–Trinajstić information content (AvgIpc) is 2.85. The molecule has 18 heavy (non-hydrogen) atoms. The summed E-state index contributed by atoms with van der Waals surface area (Å²) in [5, 5.41) is 6.57. The van der Waals surface area contributed by atoms with Gasteiger partial charge in [-0.3, -0.25) is 0 Å². The third-order valence-corrected chi connectivity index (χ3v) is 2.39. The summed E-state index contributed by atoms with van der Waals surface area (Å²) >= 11 is 0. The highest BCUT2D eigenvalue weighted by atomic mass is 19.1. The van der Waals surface area contributed by atoms with Crippen molar-refractivity contribution in [1.29, 1.82) is 0 Å². The second-order valence-corrected chi connectivity index (χ2v) is 3.60. The van der Waals surface area contributed by atoms with Crippen LogP contribution < -0.4 is 15.8 Å². The van der Waals surface area contributed by atoms with Crippen molar-refractivity contribution in [1.82, 2.24) is 10.1 Å². The van der Waals surface area contributed by atoms with Crippen LogP contribution in [-0.4, -0.2) is 23.8 Å². The van der Waals surface area contributed by atoms with Gasteiger partial charge >= 0.3 is 0 Å². The van der Waals surface area contributed by atoms with Crippen molar-refractivity contribution in [2.24, 2.45) is 0 Å². The van der Waals surface area contributed by atoms with Gasteiger partial charge in [0.15, 0.2) is 5.82 Å². The number of benzene rings is 1. The first kappa shape index (κ1) is 12.2. The van der Waals surface area contributed by atoms with E-state index in [1.165, 1.54) is 25.6 Å². The third-order valence-electron chi connectivity index (χ3n) is 2.39. The Balaban J connectivity index is 2.00. The average molecular weight is 252 g/mol. The summed E-state index contributed by atoms with van der Waals surface area (Å²) < 4.78 is 23.2. The predicted molar refractivity (Wildman–Crippen MR) is 63.9 cm³/mol. The normalized spacial score (nSPS) is 10.3. The van der Waals surface area contributed by atoms with Crippen LogP contribution in [0.3, 0.4) is 0 Å². The maximum absolute atomic E-state index is 13.6. The zero-order chi connectivity index (χ0) is 13.0. The molecule has 2 rings (SSSR count). The number of hydrogen-bond acceptors (Lipinski definition) is 6. The fourth-order valence-electron chi connectivity index (χ4n) is 1.49. The lowest BCUT2D eigenvalue weighted by Crippen LogP contribution is -2.08. The molecule has 0 aliphatic rings. The van der Waals surface area contributed by atoms with Crippen molar-refractivity contribution in [2.45, 2.75) is 6.42 Å². The monoisotopic (exact) mass is 252 g/mol. The molecule has 0 aliphatic carbocycles. The van der Waals surface area contributed by atoms with E-state index in [0.717, 1.165) is 0 Å². The van der Waals surface area contributed by atoms with E-state index < -0.39 is 5.82 Å². The van der Waals surface area contributed by atoms with E-state index in [2.05, 4.69) is 20.0 Å². The molecule has 2 aromatic rings. The summed E-state index contributed by atoms with van der Waals surface area (Å²) in [6, 6.07) is 2.73. The minimum absolute atomic E-state index is 0.263. The van der Waals surface area contributed by atoms with Gasteiger partial charge in [0.2, 0.25) is 6.39 Å². The highest BCUT2D eigenvalue weighted by Crippen LogP contribution is 2.28. The van der Waals surface area contributed by atoms with E-state index in [-0.39, 0.29) is 5.69 Å². The summed E-state index contributed by atoms with van der Waals surface area (Å²) in [6.45, 7) is 0.476. The molecular formula is C11H13FN4O2. The summed E-state index contributed by atoms with van der Waals surface area (Å²) in [4.78, 5) is 3.86. The molecule has 1 aromatic carbocycles. The second kappa shape index (κ2) is 5.35. The Hall–Kier alpha value is -2.31. The molecule has 0 unspecified atom stereocenters. The van der Waals surface area contributed by atoms with E-state index >= 15 is 0 Å². The molecule has 7 heteroatoms.